The summed E-state index contributed by atoms with van der Waals surface area (Å²) >= 11 is 3.27. The number of carboxylic acid groups (broad SMARTS) is 1. The van der Waals surface area contributed by atoms with Crippen molar-refractivity contribution in [2.24, 2.45) is 0 Å². The molecule has 94 valence electrons. The number of aryl methyl sites for hydroxylation is 1. The molecule has 2 rings (SSSR count). The molecule has 4 nitrogen and oxygen atoms in total. The fraction of sp³-hybridized carbons (Fsp3) is 0.231. The van der Waals surface area contributed by atoms with Gasteiger partial charge in [0.1, 0.15) is 10.4 Å². The van der Waals surface area contributed by atoms with E-state index < -0.39 is 5.97 Å². The van der Waals surface area contributed by atoms with Gasteiger partial charge >= 0.3 is 5.97 Å². The second-order valence-electron chi connectivity index (χ2n) is 3.98. The fourth-order valence-electron chi connectivity index (χ4n) is 1.69. The first-order chi connectivity index (χ1) is 8.60. The molecule has 2 N–H and O–H groups in total. The molecule has 1 heterocycles. The first-order valence-corrected chi connectivity index (χ1v) is 6.45. The first kappa shape index (κ1) is 12.8. The summed E-state index contributed by atoms with van der Waals surface area (Å²) in [4.78, 5) is 18.0. The zero-order chi connectivity index (χ0) is 13.1. The average molecular weight is 309 g/mol. The Labute approximate surface area is 113 Å². The van der Waals surface area contributed by atoms with Gasteiger partial charge < -0.3 is 10.1 Å². The molecular formula is C13H13BrN2O2. The molecule has 1 aromatic heterocycles. The standard InChI is InChI=1S/C13H13BrN2O2/c1-2-8-3-5-9(6-4-8)13-15-10(7-11(17)18)12(14)16-13/h3-6H,2,7H2,1H3,(H,15,16)(H,17,18). The molecule has 0 amide bonds. The quantitative estimate of drug-likeness (QED) is 0.912. The highest BCUT2D eigenvalue weighted by molar-refractivity contribution is 9.10. The summed E-state index contributed by atoms with van der Waals surface area (Å²) in [7, 11) is 0. The van der Waals surface area contributed by atoms with Crippen molar-refractivity contribution < 1.29 is 9.90 Å². The SMILES string of the molecule is CCc1ccc(-c2nc(Br)c(CC(=O)O)[nH]2)cc1. The van der Waals surface area contributed by atoms with Gasteiger partial charge in [-0.3, -0.25) is 4.79 Å². The molecule has 0 saturated heterocycles. The van der Waals surface area contributed by atoms with E-state index in [0.29, 0.717) is 16.1 Å². The molecule has 0 aliphatic heterocycles. The number of aliphatic carboxylic acids is 1. The van der Waals surface area contributed by atoms with Crippen LogP contribution >= 0.6 is 15.9 Å². The van der Waals surface area contributed by atoms with Crippen LogP contribution in [0.15, 0.2) is 28.9 Å². The molecule has 0 unspecified atom stereocenters. The monoisotopic (exact) mass is 308 g/mol. The number of benzene rings is 1. The van der Waals surface area contributed by atoms with E-state index in [1.54, 1.807) is 0 Å². The number of imidazole rings is 1. The van der Waals surface area contributed by atoms with Crippen LogP contribution in [0.2, 0.25) is 0 Å². The molecule has 0 fully saturated rings. The number of H-pyrrole nitrogens is 1. The van der Waals surface area contributed by atoms with Crippen molar-refractivity contribution in [1.82, 2.24) is 9.97 Å². The van der Waals surface area contributed by atoms with E-state index >= 15 is 0 Å². The van der Waals surface area contributed by atoms with Gasteiger partial charge in [0.15, 0.2) is 0 Å². The highest BCUT2D eigenvalue weighted by atomic mass is 79.9. The minimum Gasteiger partial charge on any atom is -0.481 e. The lowest BCUT2D eigenvalue weighted by molar-refractivity contribution is -0.136. The summed E-state index contributed by atoms with van der Waals surface area (Å²) in [6.45, 7) is 2.10. The van der Waals surface area contributed by atoms with E-state index in [1.807, 2.05) is 24.3 Å². The second-order valence-corrected chi connectivity index (χ2v) is 4.73. The highest BCUT2D eigenvalue weighted by Gasteiger charge is 2.12. The predicted octanol–water partition coefficient (Wildman–Crippen LogP) is 3.03. The van der Waals surface area contributed by atoms with E-state index in [2.05, 4.69) is 32.8 Å². The summed E-state index contributed by atoms with van der Waals surface area (Å²) in [5.74, 6) is -0.201. The maximum Gasteiger partial charge on any atom is 0.309 e. The maximum atomic E-state index is 10.7. The number of aromatic amines is 1. The molecule has 2 aromatic rings. The van der Waals surface area contributed by atoms with Crippen molar-refractivity contribution in [1.29, 1.82) is 0 Å². The number of halogens is 1. The Morgan fingerprint density at radius 2 is 2.06 bits per heavy atom. The Kier molecular flexibility index (Phi) is 3.81. The largest absolute Gasteiger partial charge is 0.481 e. The molecule has 0 aliphatic rings. The van der Waals surface area contributed by atoms with E-state index in [0.717, 1.165) is 12.0 Å². The van der Waals surface area contributed by atoms with Gasteiger partial charge in [-0.2, -0.15) is 0 Å². The van der Waals surface area contributed by atoms with E-state index in [1.165, 1.54) is 5.56 Å². The molecule has 0 atom stereocenters. The number of rotatable bonds is 4. The zero-order valence-corrected chi connectivity index (χ0v) is 11.5. The summed E-state index contributed by atoms with van der Waals surface area (Å²) in [6, 6.07) is 8.05. The van der Waals surface area contributed by atoms with Crippen LogP contribution in [0.4, 0.5) is 0 Å². The lowest BCUT2D eigenvalue weighted by atomic mass is 10.1. The van der Waals surface area contributed by atoms with Gasteiger partial charge in [0.25, 0.3) is 0 Å². The van der Waals surface area contributed by atoms with Gasteiger partial charge in [0, 0.05) is 5.56 Å². The van der Waals surface area contributed by atoms with E-state index in [9.17, 15) is 4.79 Å². The lowest BCUT2D eigenvalue weighted by Gasteiger charge is -1.99. The molecule has 5 heteroatoms. The van der Waals surface area contributed by atoms with Crippen LogP contribution in [0, 0.1) is 0 Å². The third-order valence-corrected chi connectivity index (χ3v) is 3.35. The number of nitrogens with zero attached hydrogens (tertiary/aromatic N) is 1. The van der Waals surface area contributed by atoms with Crippen molar-refractivity contribution in [3.8, 4) is 11.4 Å². The Hall–Kier alpha value is -1.62. The molecule has 0 spiro atoms. The average Bonchev–Trinajstić information content (AvgIpc) is 2.70. The van der Waals surface area contributed by atoms with Gasteiger partial charge in [-0.25, -0.2) is 4.98 Å². The minimum atomic E-state index is -0.882. The van der Waals surface area contributed by atoms with Crippen molar-refractivity contribution in [2.75, 3.05) is 0 Å². The topological polar surface area (TPSA) is 66.0 Å². The number of hydrogen-bond acceptors (Lipinski definition) is 2. The normalized spacial score (nSPS) is 10.6. The van der Waals surface area contributed by atoms with Crippen molar-refractivity contribution in [3.05, 3.63) is 40.1 Å². The molecule has 0 radical (unpaired) electrons. The third-order valence-electron chi connectivity index (χ3n) is 2.69. The Morgan fingerprint density at radius 3 is 2.61 bits per heavy atom. The van der Waals surface area contributed by atoms with Crippen LogP contribution in [0.25, 0.3) is 11.4 Å². The molecule has 18 heavy (non-hydrogen) atoms. The van der Waals surface area contributed by atoms with Gasteiger partial charge in [-0.05, 0) is 27.9 Å². The number of nitrogens with one attached hydrogen (secondary N) is 1. The van der Waals surface area contributed by atoms with E-state index in [4.69, 9.17) is 5.11 Å². The molecular weight excluding hydrogens is 296 g/mol. The van der Waals surface area contributed by atoms with Crippen molar-refractivity contribution in [2.45, 2.75) is 19.8 Å². The van der Waals surface area contributed by atoms with Crippen LogP contribution in [-0.4, -0.2) is 21.0 Å². The molecule has 1 aromatic carbocycles. The van der Waals surface area contributed by atoms with Crippen LogP contribution in [0.1, 0.15) is 18.2 Å². The smallest absolute Gasteiger partial charge is 0.309 e. The van der Waals surface area contributed by atoms with Crippen LogP contribution in [0.3, 0.4) is 0 Å². The van der Waals surface area contributed by atoms with Crippen LogP contribution < -0.4 is 0 Å². The number of aromatic nitrogens is 2. The van der Waals surface area contributed by atoms with Crippen molar-refractivity contribution in [3.63, 3.8) is 0 Å². The molecule has 0 saturated carbocycles. The summed E-state index contributed by atoms with van der Waals surface area (Å²) in [5, 5.41) is 8.77. The van der Waals surface area contributed by atoms with Gasteiger partial charge in [0.05, 0.1) is 12.1 Å². The Bertz CT molecular complexity index is 561. The lowest BCUT2D eigenvalue weighted by Crippen LogP contribution is -2.00. The van der Waals surface area contributed by atoms with Gasteiger partial charge in [0.2, 0.25) is 0 Å². The van der Waals surface area contributed by atoms with Crippen LogP contribution in [0.5, 0.6) is 0 Å². The first-order valence-electron chi connectivity index (χ1n) is 5.65. The summed E-state index contributed by atoms with van der Waals surface area (Å²) in [6.07, 6.45) is 0.924. The van der Waals surface area contributed by atoms with Crippen LogP contribution in [-0.2, 0) is 17.6 Å². The third kappa shape index (κ3) is 2.79. The maximum absolute atomic E-state index is 10.7. The number of carbonyl (C=O) groups is 1. The Balaban J connectivity index is 2.30. The van der Waals surface area contributed by atoms with Gasteiger partial charge in [-0.1, -0.05) is 31.2 Å². The number of hydrogen-bond donors (Lipinski definition) is 2. The zero-order valence-electron chi connectivity index (χ0n) is 9.90. The predicted molar refractivity (Wildman–Crippen MR) is 72.4 cm³/mol. The molecule has 0 bridgehead atoms. The van der Waals surface area contributed by atoms with Crippen molar-refractivity contribution >= 4 is 21.9 Å². The summed E-state index contributed by atoms with van der Waals surface area (Å²) < 4.78 is 0.555. The van der Waals surface area contributed by atoms with E-state index in [-0.39, 0.29) is 6.42 Å². The summed E-state index contributed by atoms with van der Waals surface area (Å²) in [5.41, 5.74) is 2.79. The second kappa shape index (κ2) is 5.35. The minimum absolute atomic E-state index is 0.0688. The number of carboxylic acids is 1. The van der Waals surface area contributed by atoms with Gasteiger partial charge in [-0.15, -0.1) is 0 Å². The Morgan fingerprint density at radius 1 is 1.39 bits per heavy atom. The fourth-order valence-corrected chi connectivity index (χ4v) is 2.11. The highest BCUT2D eigenvalue weighted by Crippen LogP contribution is 2.22. The molecule has 0 aliphatic carbocycles.